The van der Waals surface area contributed by atoms with Crippen molar-refractivity contribution in [3.8, 4) is 17.2 Å². The van der Waals surface area contributed by atoms with Crippen LogP contribution in [0.25, 0.3) is 11.5 Å². The molecule has 152 valence electrons. The van der Waals surface area contributed by atoms with Gasteiger partial charge in [0.15, 0.2) is 0 Å². The van der Waals surface area contributed by atoms with Crippen molar-refractivity contribution in [1.29, 1.82) is 0 Å². The molecule has 0 radical (unpaired) electrons. The number of hydrogen-bond acceptors (Lipinski definition) is 5. The minimum absolute atomic E-state index is 0.0318. The molecule has 0 fully saturated rings. The summed E-state index contributed by atoms with van der Waals surface area (Å²) in [7, 11) is 0. The lowest BCUT2D eigenvalue weighted by Gasteiger charge is -2.07. The number of aromatic nitrogens is 2. The van der Waals surface area contributed by atoms with Crippen molar-refractivity contribution in [3.63, 3.8) is 0 Å². The molecule has 7 heteroatoms. The Kier molecular flexibility index (Phi) is 7.64. The van der Waals surface area contributed by atoms with Gasteiger partial charge in [-0.25, -0.2) is 0 Å². The zero-order chi connectivity index (χ0) is 20.5. The van der Waals surface area contributed by atoms with Crippen LogP contribution in [0, 0.1) is 6.92 Å². The zero-order valence-corrected chi connectivity index (χ0v) is 17.1. The van der Waals surface area contributed by atoms with Crippen LogP contribution in [0.1, 0.15) is 30.7 Å². The number of unbranched alkanes of at least 4 members (excludes halogenated alkanes) is 1. The first-order valence-electron chi connectivity index (χ1n) is 9.64. The second kappa shape index (κ2) is 10.6. The Labute approximate surface area is 175 Å². The van der Waals surface area contributed by atoms with E-state index in [9.17, 15) is 4.79 Å². The molecule has 1 aromatic heterocycles. The van der Waals surface area contributed by atoms with Gasteiger partial charge in [-0.15, -0.1) is 10.2 Å². The molecule has 2 aromatic carbocycles. The Morgan fingerprint density at radius 3 is 2.59 bits per heavy atom. The highest BCUT2D eigenvalue weighted by Crippen LogP contribution is 2.20. The van der Waals surface area contributed by atoms with E-state index >= 15 is 0 Å². The standard InChI is InChI=1S/C22H24ClN3O3/c1-16-4-10-19(11-5-16)28-15-3-2-14-24-20(27)12-13-21-25-26-22(29-21)17-6-8-18(23)9-7-17/h4-11H,2-3,12-15H2,1H3,(H,24,27). The Morgan fingerprint density at radius 1 is 1.07 bits per heavy atom. The predicted molar refractivity (Wildman–Crippen MR) is 112 cm³/mol. The summed E-state index contributed by atoms with van der Waals surface area (Å²) in [6, 6.07) is 15.1. The topological polar surface area (TPSA) is 77.2 Å². The maximum absolute atomic E-state index is 12.0. The number of carbonyl (C=O) groups excluding carboxylic acids is 1. The molecule has 0 saturated heterocycles. The zero-order valence-electron chi connectivity index (χ0n) is 16.4. The molecule has 0 aliphatic carbocycles. The first-order chi connectivity index (χ1) is 14.1. The molecule has 0 aliphatic rings. The van der Waals surface area contributed by atoms with Gasteiger partial charge in [-0.05, 0) is 56.2 Å². The van der Waals surface area contributed by atoms with Gasteiger partial charge < -0.3 is 14.5 Å². The Bertz CT molecular complexity index is 908. The molecule has 1 N–H and O–H groups in total. The molecule has 0 saturated carbocycles. The number of nitrogens with one attached hydrogen (secondary N) is 1. The van der Waals surface area contributed by atoms with E-state index in [0.29, 0.717) is 42.8 Å². The van der Waals surface area contributed by atoms with E-state index in [1.807, 2.05) is 43.3 Å². The van der Waals surface area contributed by atoms with Gasteiger partial charge in [0.25, 0.3) is 0 Å². The van der Waals surface area contributed by atoms with E-state index < -0.39 is 0 Å². The third-order valence-corrected chi connectivity index (χ3v) is 4.56. The summed E-state index contributed by atoms with van der Waals surface area (Å²) in [6.07, 6.45) is 2.45. The van der Waals surface area contributed by atoms with E-state index in [-0.39, 0.29) is 5.91 Å². The largest absolute Gasteiger partial charge is 0.494 e. The first-order valence-corrected chi connectivity index (χ1v) is 10.0. The molecule has 0 spiro atoms. The summed E-state index contributed by atoms with van der Waals surface area (Å²) in [4.78, 5) is 12.0. The number of ether oxygens (including phenoxy) is 1. The van der Waals surface area contributed by atoms with Crippen LogP contribution in [0.2, 0.25) is 5.02 Å². The molecule has 0 aliphatic heterocycles. The van der Waals surface area contributed by atoms with Gasteiger partial charge in [0.1, 0.15) is 5.75 Å². The first kappa shape index (κ1) is 20.9. The molecule has 0 unspecified atom stereocenters. The van der Waals surface area contributed by atoms with Gasteiger partial charge in [0, 0.05) is 30.0 Å². The Hall–Kier alpha value is -2.86. The van der Waals surface area contributed by atoms with Crippen LogP contribution >= 0.6 is 11.6 Å². The van der Waals surface area contributed by atoms with Crippen LogP contribution in [-0.2, 0) is 11.2 Å². The second-order valence-electron chi connectivity index (χ2n) is 6.73. The second-order valence-corrected chi connectivity index (χ2v) is 7.16. The van der Waals surface area contributed by atoms with E-state index in [2.05, 4.69) is 15.5 Å². The maximum Gasteiger partial charge on any atom is 0.247 e. The number of aryl methyl sites for hydroxylation is 2. The van der Waals surface area contributed by atoms with Crippen LogP contribution in [-0.4, -0.2) is 29.3 Å². The quantitative estimate of drug-likeness (QED) is 0.491. The highest BCUT2D eigenvalue weighted by atomic mass is 35.5. The molecule has 3 aromatic rings. The van der Waals surface area contributed by atoms with Crippen LogP contribution in [0.5, 0.6) is 5.75 Å². The summed E-state index contributed by atoms with van der Waals surface area (Å²) >= 11 is 5.87. The molecule has 0 atom stereocenters. The highest BCUT2D eigenvalue weighted by Gasteiger charge is 2.10. The molecule has 6 nitrogen and oxygen atoms in total. The number of halogens is 1. The van der Waals surface area contributed by atoms with Gasteiger partial charge in [0.05, 0.1) is 6.61 Å². The molecule has 0 bridgehead atoms. The van der Waals surface area contributed by atoms with Crippen LogP contribution in [0.15, 0.2) is 52.9 Å². The third kappa shape index (κ3) is 6.91. The molecule has 29 heavy (non-hydrogen) atoms. The lowest BCUT2D eigenvalue weighted by molar-refractivity contribution is -0.121. The van der Waals surface area contributed by atoms with Gasteiger partial charge in [-0.2, -0.15) is 0 Å². The normalized spacial score (nSPS) is 10.7. The minimum atomic E-state index is -0.0318. The fraction of sp³-hybridized carbons (Fsp3) is 0.318. The molecule has 1 heterocycles. The monoisotopic (exact) mass is 413 g/mol. The summed E-state index contributed by atoms with van der Waals surface area (Å²) < 4.78 is 11.3. The minimum Gasteiger partial charge on any atom is -0.494 e. The number of benzene rings is 2. The van der Waals surface area contributed by atoms with Crippen LogP contribution in [0.3, 0.4) is 0 Å². The smallest absolute Gasteiger partial charge is 0.247 e. The summed E-state index contributed by atoms with van der Waals surface area (Å²) in [5.74, 6) is 1.70. The van der Waals surface area contributed by atoms with Gasteiger partial charge in [0.2, 0.25) is 17.7 Å². The highest BCUT2D eigenvalue weighted by molar-refractivity contribution is 6.30. The van der Waals surface area contributed by atoms with Gasteiger partial charge in [-0.3, -0.25) is 4.79 Å². The number of amides is 1. The Balaban J connectivity index is 1.29. The summed E-state index contributed by atoms with van der Waals surface area (Å²) in [5, 5.41) is 11.6. The molecular formula is C22H24ClN3O3. The van der Waals surface area contributed by atoms with E-state index in [4.69, 9.17) is 20.8 Å². The van der Waals surface area contributed by atoms with Crippen LogP contribution < -0.4 is 10.1 Å². The molecule has 1 amide bonds. The average Bonchev–Trinajstić information content (AvgIpc) is 3.20. The van der Waals surface area contributed by atoms with Crippen molar-refractivity contribution in [2.75, 3.05) is 13.2 Å². The van der Waals surface area contributed by atoms with Crippen LogP contribution in [0.4, 0.5) is 0 Å². The predicted octanol–water partition coefficient (Wildman–Crippen LogP) is 4.61. The fourth-order valence-corrected chi connectivity index (χ4v) is 2.78. The summed E-state index contributed by atoms with van der Waals surface area (Å²) in [5.41, 5.74) is 2.01. The van der Waals surface area contributed by atoms with Crippen molar-refractivity contribution in [2.24, 2.45) is 0 Å². The van der Waals surface area contributed by atoms with Crippen molar-refractivity contribution < 1.29 is 13.9 Å². The van der Waals surface area contributed by atoms with Crippen molar-refractivity contribution in [1.82, 2.24) is 15.5 Å². The van der Waals surface area contributed by atoms with Gasteiger partial charge in [-0.1, -0.05) is 29.3 Å². The van der Waals surface area contributed by atoms with E-state index in [0.717, 1.165) is 24.2 Å². The number of hydrogen-bond donors (Lipinski definition) is 1. The lowest BCUT2D eigenvalue weighted by atomic mass is 10.2. The number of nitrogens with zero attached hydrogens (tertiary/aromatic N) is 2. The maximum atomic E-state index is 12.0. The van der Waals surface area contributed by atoms with Gasteiger partial charge >= 0.3 is 0 Å². The number of carbonyl (C=O) groups is 1. The average molecular weight is 414 g/mol. The van der Waals surface area contributed by atoms with E-state index in [1.165, 1.54) is 5.56 Å². The fourth-order valence-electron chi connectivity index (χ4n) is 2.65. The third-order valence-electron chi connectivity index (χ3n) is 4.31. The number of rotatable bonds is 10. The van der Waals surface area contributed by atoms with Crippen molar-refractivity contribution in [2.45, 2.75) is 32.6 Å². The van der Waals surface area contributed by atoms with Crippen molar-refractivity contribution in [3.05, 3.63) is 65.0 Å². The molecular weight excluding hydrogens is 390 g/mol. The SMILES string of the molecule is Cc1ccc(OCCCCNC(=O)CCc2nnc(-c3ccc(Cl)cc3)o2)cc1. The Morgan fingerprint density at radius 2 is 1.83 bits per heavy atom. The van der Waals surface area contributed by atoms with Crippen molar-refractivity contribution >= 4 is 17.5 Å². The van der Waals surface area contributed by atoms with E-state index in [1.54, 1.807) is 12.1 Å². The summed E-state index contributed by atoms with van der Waals surface area (Å²) in [6.45, 7) is 3.30. The molecule has 3 rings (SSSR count). The lowest BCUT2D eigenvalue weighted by Crippen LogP contribution is -2.25.